The number of ether oxygens (including phenoxy) is 1. The Morgan fingerprint density at radius 3 is 2.67 bits per heavy atom. The number of piperazine rings is 1. The van der Waals surface area contributed by atoms with E-state index < -0.39 is 5.82 Å². The summed E-state index contributed by atoms with van der Waals surface area (Å²) in [5.41, 5.74) is 0.979. The summed E-state index contributed by atoms with van der Waals surface area (Å²) in [7, 11) is 1.88. The fourth-order valence-electron chi connectivity index (χ4n) is 5.74. The first-order valence-corrected chi connectivity index (χ1v) is 13.4. The number of hydrogen-bond donors (Lipinski definition) is 1. The molecule has 5 aromatic rings. The Labute approximate surface area is 229 Å². The van der Waals surface area contributed by atoms with Gasteiger partial charge in [-0.05, 0) is 24.3 Å². The second-order valence-electron chi connectivity index (χ2n) is 10.2. The number of nitrogens with zero attached hydrogens (tertiary/aromatic N) is 7. The number of aryl methyl sites for hydroxylation is 1. The number of hydrogen-bond acceptors (Lipinski definition) is 8. The molecule has 2 fully saturated rings. The Morgan fingerprint density at radius 2 is 1.90 bits per heavy atom. The van der Waals surface area contributed by atoms with E-state index in [1.807, 2.05) is 41.9 Å². The first-order valence-electron chi connectivity index (χ1n) is 13.1. The molecule has 0 spiro atoms. The largest absolute Gasteiger partial charge is 0.463 e. The lowest BCUT2D eigenvalue weighted by atomic mass is 10.0. The molecule has 0 amide bonds. The number of nitrogens with one attached hydrogen (secondary N) is 1. The third kappa shape index (κ3) is 4.33. The minimum Gasteiger partial charge on any atom is -0.463 e. The van der Waals surface area contributed by atoms with Gasteiger partial charge in [0.2, 0.25) is 0 Å². The van der Waals surface area contributed by atoms with Gasteiger partial charge in [-0.2, -0.15) is 9.97 Å². The molecule has 7 rings (SSSR count). The van der Waals surface area contributed by atoms with Crippen LogP contribution in [0.15, 0.2) is 48.9 Å². The van der Waals surface area contributed by atoms with E-state index in [1.54, 1.807) is 18.6 Å². The normalized spacial score (nSPS) is 18.8. The summed E-state index contributed by atoms with van der Waals surface area (Å²) in [6, 6.07) is 12.2. The SMILES string of the molecule is Cn1cnnc1CCOc1nc(N2CC3CCC(C2)N3)c2cnc(-c3cccc4cccc(Cl)c34)c(F)c2n1. The minimum absolute atomic E-state index is 0.123. The van der Waals surface area contributed by atoms with E-state index in [9.17, 15) is 0 Å². The number of rotatable bonds is 6. The van der Waals surface area contributed by atoms with Crippen molar-refractivity contribution in [1.82, 2.24) is 35.0 Å². The molecule has 39 heavy (non-hydrogen) atoms. The van der Waals surface area contributed by atoms with Crippen molar-refractivity contribution in [3.05, 3.63) is 65.6 Å². The maximum atomic E-state index is 16.4. The Kier molecular flexibility index (Phi) is 6.01. The molecule has 198 valence electrons. The quantitative estimate of drug-likeness (QED) is 0.338. The van der Waals surface area contributed by atoms with Crippen LogP contribution < -0.4 is 15.0 Å². The van der Waals surface area contributed by atoms with Crippen LogP contribution in [0.5, 0.6) is 6.01 Å². The van der Waals surface area contributed by atoms with Crippen molar-refractivity contribution < 1.29 is 9.13 Å². The highest BCUT2D eigenvalue weighted by Crippen LogP contribution is 2.38. The molecule has 0 saturated carbocycles. The van der Waals surface area contributed by atoms with Crippen molar-refractivity contribution in [2.75, 3.05) is 24.6 Å². The fourth-order valence-corrected chi connectivity index (χ4v) is 6.03. The Morgan fingerprint density at radius 1 is 1.10 bits per heavy atom. The summed E-state index contributed by atoms with van der Waals surface area (Å²) < 4.78 is 24.2. The van der Waals surface area contributed by atoms with Crippen molar-refractivity contribution in [3.8, 4) is 17.3 Å². The van der Waals surface area contributed by atoms with Crippen LogP contribution in [-0.4, -0.2) is 61.5 Å². The molecule has 0 radical (unpaired) electrons. The van der Waals surface area contributed by atoms with Gasteiger partial charge in [-0.3, -0.25) is 4.98 Å². The van der Waals surface area contributed by atoms with Crippen LogP contribution in [0.25, 0.3) is 32.9 Å². The molecule has 11 heteroatoms. The monoisotopic (exact) mass is 544 g/mol. The number of pyridine rings is 1. The number of benzene rings is 2. The zero-order valence-electron chi connectivity index (χ0n) is 21.3. The molecule has 3 aromatic heterocycles. The van der Waals surface area contributed by atoms with Crippen LogP contribution >= 0.6 is 11.6 Å². The summed E-state index contributed by atoms with van der Waals surface area (Å²) in [5.74, 6) is 0.890. The lowest BCUT2D eigenvalue weighted by Gasteiger charge is -2.34. The average molecular weight is 545 g/mol. The van der Waals surface area contributed by atoms with Crippen LogP contribution in [0.3, 0.4) is 0 Å². The zero-order valence-corrected chi connectivity index (χ0v) is 22.1. The Hall–Kier alpha value is -3.89. The van der Waals surface area contributed by atoms with Crippen LogP contribution in [0.2, 0.25) is 5.02 Å². The smallest absolute Gasteiger partial charge is 0.319 e. The standard InChI is InChI=1S/C28H26ClFN8O/c1-37-15-32-36-22(37)10-11-39-28-34-26-20(27(35-28)38-13-17-8-9-18(14-38)33-17)12-31-25(24(26)30)19-6-2-4-16-5-3-7-21(29)23(16)19/h2-7,12,15,17-18,33H,8-11,13-14H2,1H3. The Bertz CT molecular complexity index is 1690. The number of aromatic nitrogens is 6. The molecule has 2 bridgehead atoms. The van der Waals surface area contributed by atoms with Gasteiger partial charge in [0, 0.05) is 60.8 Å². The van der Waals surface area contributed by atoms with Gasteiger partial charge in [0.05, 0.1) is 12.0 Å². The number of fused-ring (bicyclic) bond motifs is 4. The van der Waals surface area contributed by atoms with Crippen LogP contribution in [0.1, 0.15) is 18.7 Å². The van der Waals surface area contributed by atoms with Gasteiger partial charge in [0.1, 0.15) is 29.2 Å². The lowest BCUT2D eigenvalue weighted by Crippen LogP contribution is -2.51. The summed E-state index contributed by atoms with van der Waals surface area (Å²) >= 11 is 6.56. The molecule has 2 unspecified atom stereocenters. The highest BCUT2D eigenvalue weighted by atomic mass is 35.5. The third-order valence-electron chi connectivity index (χ3n) is 7.63. The van der Waals surface area contributed by atoms with Gasteiger partial charge in [-0.15, -0.1) is 10.2 Å². The first-order chi connectivity index (χ1) is 19.0. The summed E-state index contributed by atoms with van der Waals surface area (Å²) in [5, 5.41) is 14.4. The van der Waals surface area contributed by atoms with Crippen LogP contribution in [0, 0.1) is 5.82 Å². The van der Waals surface area contributed by atoms with E-state index in [1.165, 1.54) is 0 Å². The Balaban J connectivity index is 1.33. The van der Waals surface area contributed by atoms with Crippen LogP contribution in [-0.2, 0) is 13.5 Å². The van der Waals surface area contributed by atoms with Gasteiger partial charge in [0.25, 0.3) is 0 Å². The van der Waals surface area contributed by atoms with Gasteiger partial charge in [0.15, 0.2) is 5.82 Å². The molecule has 2 aromatic carbocycles. The third-order valence-corrected chi connectivity index (χ3v) is 7.95. The summed E-state index contributed by atoms with van der Waals surface area (Å²) in [4.78, 5) is 16.1. The highest BCUT2D eigenvalue weighted by Gasteiger charge is 2.34. The lowest BCUT2D eigenvalue weighted by molar-refractivity contribution is 0.293. The van der Waals surface area contributed by atoms with Gasteiger partial charge in [-0.1, -0.05) is 41.9 Å². The average Bonchev–Trinajstić information content (AvgIpc) is 3.51. The second kappa shape index (κ2) is 9.69. The molecular formula is C28H26ClFN8O. The molecule has 2 saturated heterocycles. The second-order valence-corrected chi connectivity index (χ2v) is 10.6. The molecule has 9 nitrogen and oxygen atoms in total. The predicted octanol–water partition coefficient (Wildman–Crippen LogP) is 4.33. The maximum Gasteiger partial charge on any atom is 0.319 e. The molecule has 2 aliphatic rings. The van der Waals surface area contributed by atoms with E-state index in [2.05, 4.69) is 30.4 Å². The van der Waals surface area contributed by atoms with E-state index in [4.69, 9.17) is 21.3 Å². The van der Waals surface area contributed by atoms with E-state index in [0.717, 1.165) is 42.5 Å². The van der Waals surface area contributed by atoms with E-state index in [-0.39, 0.29) is 23.8 Å². The highest BCUT2D eigenvalue weighted by molar-refractivity contribution is 6.36. The minimum atomic E-state index is -0.528. The van der Waals surface area contributed by atoms with Gasteiger partial charge >= 0.3 is 6.01 Å². The molecule has 5 heterocycles. The van der Waals surface area contributed by atoms with Crippen LogP contribution in [0.4, 0.5) is 10.2 Å². The summed E-state index contributed by atoms with van der Waals surface area (Å²) in [6.07, 6.45) is 6.06. The van der Waals surface area contributed by atoms with E-state index in [0.29, 0.717) is 40.3 Å². The molecule has 2 aliphatic heterocycles. The van der Waals surface area contributed by atoms with Crippen molar-refractivity contribution in [1.29, 1.82) is 0 Å². The molecular weight excluding hydrogens is 519 g/mol. The van der Waals surface area contributed by atoms with Crippen molar-refractivity contribution >= 4 is 39.1 Å². The first kappa shape index (κ1) is 24.2. The molecule has 0 aliphatic carbocycles. The fraction of sp³-hybridized carbons (Fsp3) is 0.321. The van der Waals surface area contributed by atoms with Gasteiger partial charge in [-0.25, -0.2) is 4.39 Å². The number of halogens is 2. The van der Waals surface area contributed by atoms with Crippen molar-refractivity contribution in [3.63, 3.8) is 0 Å². The maximum absolute atomic E-state index is 16.4. The number of anilines is 1. The topological polar surface area (TPSA) is 93.9 Å². The van der Waals surface area contributed by atoms with Gasteiger partial charge < -0.3 is 19.5 Å². The predicted molar refractivity (Wildman–Crippen MR) is 148 cm³/mol. The van der Waals surface area contributed by atoms with Crippen molar-refractivity contribution in [2.45, 2.75) is 31.3 Å². The van der Waals surface area contributed by atoms with E-state index >= 15 is 4.39 Å². The zero-order chi connectivity index (χ0) is 26.5. The van der Waals surface area contributed by atoms with Crippen molar-refractivity contribution in [2.24, 2.45) is 7.05 Å². The molecule has 1 N–H and O–H groups in total. The molecule has 2 atom stereocenters. The summed E-state index contributed by atoms with van der Waals surface area (Å²) in [6.45, 7) is 1.84.